The number of halogens is 2. The summed E-state index contributed by atoms with van der Waals surface area (Å²) < 4.78 is 5.65. The Balaban J connectivity index is 1.71. The van der Waals surface area contributed by atoms with Crippen molar-refractivity contribution in [2.75, 3.05) is 27.2 Å². The lowest BCUT2D eigenvalue weighted by Gasteiger charge is -2.35. The molecular weight excluding hydrogens is 397 g/mol. The molecule has 1 aromatic heterocycles. The van der Waals surface area contributed by atoms with Crippen LogP contribution in [0.15, 0.2) is 28.7 Å². The van der Waals surface area contributed by atoms with E-state index >= 15 is 0 Å². The van der Waals surface area contributed by atoms with Crippen LogP contribution < -0.4 is 5.32 Å². The third kappa shape index (κ3) is 4.48. The fourth-order valence-electron chi connectivity index (χ4n) is 3.58. The second-order valence-electron chi connectivity index (χ2n) is 7.56. The first-order chi connectivity index (χ1) is 13.3. The van der Waals surface area contributed by atoms with E-state index in [0.717, 1.165) is 42.8 Å². The molecule has 1 aliphatic rings. The van der Waals surface area contributed by atoms with Gasteiger partial charge in [-0.05, 0) is 70.6 Å². The van der Waals surface area contributed by atoms with Gasteiger partial charge >= 0.3 is 6.03 Å². The van der Waals surface area contributed by atoms with E-state index < -0.39 is 0 Å². The Labute approximate surface area is 176 Å². The Morgan fingerprint density at radius 1 is 1.21 bits per heavy atom. The highest BCUT2D eigenvalue weighted by Gasteiger charge is 2.26. The third-order valence-electron chi connectivity index (χ3n) is 5.48. The van der Waals surface area contributed by atoms with Crippen LogP contribution in [-0.2, 0) is 0 Å². The van der Waals surface area contributed by atoms with Crippen LogP contribution in [0, 0.1) is 6.92 Å². The number of amides is 2. The number of hydrogen-bond donors (Lipinski definition) is 1. The highest BCUT2D eigenvalue weighted by Crippen LogP contribution is 2.38. The molecule has 1 saturated heterocycles. The molecule has 152 valence electrons. The molecule has 5 nitrogen and oxygen atoms in total. The first-order valence-electron chi connectivity index (χ1n) is 9.54. The Bertz CT molecular complexity index is 844. The van der Waals surface area contributed by atoms with E-state index in [9.17, 15) is 4.79 Å². The molecule has 1 aromatic carbocycles. The number of rotatable bonds is 4. The maximum Gasteiger partial charge on any atom is 0.317 e. The van der Waals surface area contributed by atoms with Crippen molar-refractivity contribution in [3.63, 3.8) is 0 Å². The average molecular weight is 424 g/mol. The van der Waals surface area contributed by atoms with E-state index in [0.29, 0.717) is 15.8 Å². The van der Waals surface area contributed by atoms with Crippen LogP contribution in [0.25, 0.3) is 11.3 Å². The van der Waals surface area contributed by atoms with Crippen molar-refractivity contribution in [1.29, 1.82) is 0 Å². The van der Waals surface area contributed by atoms with Gasteiger partial charge in [0.2, 0.25) is 0 Å². The number of furan rings is 1. The summed E-state index contributed by atoms with van der Waals surface area (Å²) in [5, 5.41) is 3.90. The Kier molecular flexibility index (Phi) is 6.58. The van der Waals surface area contributed by atoms with E-state index in [1.54, 1.807) is 4.90 Å². The fourth-order valence-corrected chi connectivity index (χ4v) is 4.17. The minimum atomic E-state index is -0.265. The Morgan fingerprint density at radius 2 is 1.89 bits per heavy atom. The van der Waals surface area contributed by atoms with E-state index in [2.05, 4.69) is 17.3 Å². The Morgan fingerprint density at radius 3 is 2.50 bits per heavy atom. The maximum absolute atomic E-state index is 12.7. The van der Waals surface area contributed by atoms with Crippen molar-refractivity contribution >= 4 is 29.2 Å². The molecule has 2 heterocycles. The molecule has 1 N–H and O–H groups in total. The summed E-state index contributed by atoms with van der Waals surface area (Å²) in [6, 6.07) is 7.42. The number of urea groups is 1. The number of hydrogen-bond acceptors (Lipinski definition) is 3. The van der Waals surface area contributed by atoms with Crippen molar-refractivity contribution in [2.24, 2.45) is 0 Å². The lowest BCUT2D eigenvalue weighted by atomic mass is 10.0. The lowest BCUT2D eigenvalue weighted by molar-refractivity contribution is 0.146. The molecule has 1 atom stereocenters. The number of nitrogens with one attached hydrogen (secondary N) is 1. The molecule has 2 amide bonds. The zero-order valence-corrected chi connectivity index (χ0v) is 18.3. The SMILES string of the molecule is Cc1ccc(-c2ccc(C(C)NC(=O)N(C)C3CCN(C)CC3)c(Cl)c2Cl)o1. The first-order valence-corrected chi connectivity index (χ1v) is 10.3. The fraction of sp³-hybridized carbons (Fsp3) is 0.476. The van der Waals surface area contributed by atoms with Crippen LogP contribution in [0.2, 0.25) is 10.0 Å². The van der Waals surface area contributed by atoms with Gasteiger partial charge in [-0.25, -0.2) is 4.79 Å². The van der Waals surface area contributed by atoms with Crippen molar-refractivity contribution in [3.05, 3.63) is 45.6 Å². The van der Waals surface area contributed by atoms with Gasteiger partial charge < -0.3 is 19.5 Å². The molecule has 7 heteroatoms. The lowest BCUT2D eigenvalue weighted by Crippen LogP contribution is -2.48. The van der Waals surface area contributed by atoms with Gasteiger partial charge in [-0.2, -0.15) is 0 Å². The molecule has 0 aliphatic carbocycles. The Hall–Kier alpha value is -1.69. The predicted molar refractivity (Wildman–Crippen MR) is 114 cm³/mol. The van der Waals surface area contributed by atoms with E-state index in [1.807, 2.05) is 45.2 Å². The van der Waals surface area contributed by atoms with Crippen LogP contribution in [0.1, 0.15) is 37.1 Å². The molecule has 0 bridgehead atoms. The number of aryl methyl sites for hydroxylation is 1. The van der Waals surface area contributed by atoms with Gasteiger partial charge in [0.1, 0.15) is 11.5 Å². The van der Waals surface area contributed by atoms with Crippen LogP contribution in [0.5, 0.6) is 0 Å². The van der Waals surface area contributed by atoms with Gasteiger partial charge in [-0.1, -0.05) is 29.3 Å². The topological polar surface area (TPSA) is 48.7 Å². The molecule has 0 spiro atoms. The second kappa shape index (κ2) is 8.76. The zero-order valence-electron chi connectivity index (χ0n) is 16.8. The normalized spacial score (nSPS) is 16.8. The zero-order chi connectivity index (χ0) is 20.4. The first kappa shape index (κ1) is 21.0. The maximum atomic E-state index is 12.7. The summed E-state index contributed by atoms with van der Waals surface area (Å²) in [6.45, 7) is 5.81. The summed E-state index contributed by atoms with van der Waals surface area (Å²) in [6.07, 6.45) is 1.97. The molecule has 1 aliphatic heterocycles. The number of benzene rings is 1. The van der Waals surface area contributed by atoms with Gasteiger partial charge in [-0.3, -0.25) is 0 Å². The summed E-state index contributed by atoms with van der Waals surface area (Å²) in [5.41, 5.74) is 1.52. The van der Waals surface area contributed by atoms with Gasteiger partial charge in [0.05, 0.1) is 16.1 Å². The highest BCUT2D eigenvalue weighted by atomic mass is 35.5. The monoisotopic (exact) mass is 423 g/mol. The van der Waals surface area contributed by atoms with Gasteiger partial charge in [0, 0.05) is 18.7 Å². The molecule has 0 saturated carbocycles. The molecule has 3 rings (SSSR count). The summed E-state index contributed by atoms with van der Waals surface area (Å²) >= 11 is 13.0. The minimum Gasteiger partial charge on any atom is -0.461 e. The van der Waals surface area contributed by atoms with E-state index in [1.165, 1.54) is 0 Å². The largest absolute Gasteiger partial charge is 0.461 e. The summed E-state index contributed by atoms with van der Waals surface area (Å²) in [4.78, 5) is 16.8. The third-order valence-corrected chi connectivity index (χ3v) is 6.38. The molecule has 1 unspecified atom stereocenters. The minimum absolute atomic E-state index is 0.0972. The highest BCUT2D eigenvalue weighted by molar-refractivity contribution is 6.44. The number of piperidine rings is 1. The van der Waals surface area contributed by atoms with Crippen molar-refractivity contribution in [1.82, 2.24) is 15.1 Å². The van der Waals surface area contributed by atoms with E-state index in [-0.39, 0.29) is 18.1 Å². The van der Waals surface area contributed by atoms with Crippen LogP contribution in [0.3, 0.4) is 0 Å². The van der Waals surface area contributed by atoms with Gasteiger partial charge in [0.15, 0.2) is 0 Å². The molecular formula is C21H27Cl2N3O2. The summed E-state index contributed by atoms with van der Waals surface area (Å²) in [5.74, 6) is 1.48. The number of nitrogens with zero attached hydrogens (tertiary/aromatic N) is 2. The molecule has 28 heavy (non-hydrogen) atoms. The van der Waals surface area contributed by atoms with Crippen molar-refractivity contribution in [3.8, 4) is 11.3 Å². The standard InChI is InChI=1S/C21H27Cl2N3O2/c1-13-5-8-18(28-13)17-7-6-16(19(22)20(17)23)14(2)24-21(27)26(4)15-9-11-25(3)12-10-15/h5-8,14-15H,9-12H2,1-4H3,(H,24,27). The smallest absolute Gasteiger partial charge is 0.317 e. The number of likely N-dealkylation sites (tertiary alicyclic amines) is 1. The number of carbonyl (C=O) groups excluding carboxylic acids is 1. The van der Waals surface area contributed by atoms with Crippen molar-refractivity contribution in [2.45, 2.75) is 38.8 Å². The van der Waals surface area contributed by atoms with Crippen molar-refractivity contribution < 1.29 is 9.21 Å². The predicted octanol–water partition coefficient (Wildman–Crippen LogP) is 5.36. The van der Waals surface area contributed by atoms with Crippen LogP contribution >= 0.6 is 23.2 Å². The van der Waals surface area contributed by atoms with Gasteiger partial charge in [-0.15, -0.1) is 0 Å². The molecule has 1 fully saturated rings. The molecule has 0 radical (unpaired) electrons. The second-order valence-corrected chi connectivity index (χ2v) is 8.31. The van der Waals surface area contributed by atoms with Gasteiger partial charge in [0.25, 0.3) is 0 Å². The summed E-state index contributed by atoms with van der Waals surface area (Å²) in [7, 11) is 3.97. The van der Waals surface area contributed by atoms with E-state index in [4.69, 9.17) is 27.6 Å². The van der Waals surface area contributed by atoms with Crippen LogP contribution in [0.4, 0.5) is 4.79 Å². The quantitative estimate of drug-likeness (QED) is 0.719. The number of carbonyl (C=O) groups is 1. The van der Waals surface area contributed by atoms with Crippen LogP contribution in [-0.4, -0.2) is 49.1 Å². The average Bonchev–Trinajstić information content (AvgIpc) is 3.09. The molecule has 2 aromatic rings.